The SMILES string of the molecule is CC1(C)COC(CCCC2OCCO2)OC1. The average Bonchev–Trinajstić information content (AvgIpc) is 2.73. The first kappa shape index (κ1) is 12.3. The Morgan fingerprint density at radius 3 is 1.94 bits per heavy atom. The van der Waals surface area contributed by atoms with Gasteiger partial charge in [-0.3, -0.25) is 0 Å². The zero-order chi connectivity index (χ0) is 11.4. The fraction of sp³-hybridized carbons (Fsp3) is 1.00. The molecule has 4 nitrogen and oxygen atoms in total. The molecule has 2 rings (SSSR count). The molecular formula is C12H22O4. The Morgan fingerprint density at radius 1 is 0.875 bits per heavy atom. The Hall–Kier alpha value is -0.160. The van der Waals surface area contributed by atoms with Crippen molar-refractivity contribution in [2.45, 2.75) is 45.7 Å². The van der Waals surface area contributed by atoms with Gasteiger partial charge in [-0.1, -0.05) is 13.8 Å². The summed E-state index contributed by atoms with van der Waals surface area (Å²) in [5.41, 5.74) is 0.161. The molecule has 0 unspecified atom stereocenters. The highest BCUT2D eigenvalue weighted by molar-refractivity contribution is 4.71. The van der Waals surface area contributed by atoms with Crippen LogP contribution < -0.4 is 0 Å². The van der Waals surface area contributed by atoms with Crippen LogP contribution in [-0.2, 0) is 18.9 Å². The van der Waals surface area contributed by atoms with E-state index in [-0.39, 0.29) is 18.0 Å². The molecule has 0 spiro atoms. The number of ether oxygens (including phenoxy) is 4. The van der Waals surface area contributed by atoms with Crippen LogP contribution in [0, 0.1) is 5.41 Å². The summed E-state index contributed by atoms with van der Waals surface area (Å²) in [7, 11) is 0. The summed E-state index contributed by atoms with van der Waals surface area (Å²) in [6.45, 7) is 7.35. The van der Waals surface area contributed by atoms with E-state index in [2.05, 4.69) is 13.8 Å². The summed E-state index contributed by atoms with van der Waals surface area (Å²) in [6, 6.07) is 0. The smallest absolute Gasteiger partial charge is 0.157 e. The Bertz CT molecular complexity index is 201. The molecule has 2 fully saturated rings. The zero-order valence-electron chi connectivity index (χ0n) is 10.2. The highest BCUT2D eigenvalue weighted by Crippen LogP contribution is 2.25. The Labute approximate surface area is 97.2 Å². The van der Waals surface area contributed by atoms with E-state index >= 15 is 0 Å². The molecule has 2 aliphatic rings. The third kappa shape index (κ3) is 3.70. The standard InChI is InChI=1S/C12H22O4/c1-12(2)8-15-11(16-9-12)5-3-4-10-13-6-7-14-10/h10-11H,3-9H2,1-2H3. The fourth-order valence-electron chi connectivity index (χ4n) is 1.92. The highest BCUT2D eigenvalue weighted by Gasteiger charge is 2.28. The van der Waals surface area contributed by atoms with Gasteiger partial charge in [0.25, 0.3) is 0 Å². The molecule has 2 aliphatic heterocycles. The van der Waals surface area contributed by atoms with E-state index in [9.17, 15) is 0 Å². The van der Waals surface area contributed by atoms with Crippen molar-refractivity contribution in [3.63, 3.8) is 0 Å². The summed E-state index contributed by atoms with van der Waals surface area (Å²) < 4.78 is 22.1. The Kier molecular flexibility index (Phi) is 4.19. The van der Waals surface area contributed by atoms with Crippen molar-refractivity contribution in [1.29, 1.82) is 0 Å². The molecule has 0 atom stereocenters. The molecule has 94 valence electrons. The highest BCUT2D eigenvalue weighted by atomic mass is 16.7. The Balaban J connectivity index is 1.56. The third-order valence-electron chi connectivity index (χ3n) is 2.89. The van der Waals surface area contributed by atoms with Crippen LogP contribution >= 0.6 is 0 Å². The predicted octanol–water partition coefficient (Wildman–Crippen LogP) is 1.93. The van der Waals surface area contributed by atoms with Crippen molar-refractivity contribution in [3.8, 4) is 0 Å². The second-order valence-corrected chi connectivity index (χ2v) is 5.32. The lowest BCUT2D eigenvalue weighted by Gasteiger charge is -2.34. The van der Waals surface area contributed by atoms with E-state index in [0.717, 1.165) is 45.7 Å². The molecule has 0 amide bonds. The maximum Gasteiger partial charge on any atom is 0.157 e. The lowest BCUT2D eigenvalue weighted by atomic mass is 9.95. The molecule has 0 N–H and O–H groups in total. The molecule has 0 aromatic carbocycles. The van der Waals surface area contributed by atoms with Crippen LogP contribution in [0.2, 0.25) is 0 Å². The molecule has 0 aromatic rings. The van der Waals surface area contributed by atoms with Gasteiger partial charge in [-0.05, 0) is 19.3 Å². The van der Waals surface area contributed by atoms with Gasteiger partial charge in [0, 0.05) is 5.41 Å². The van der Waals surface area contributed by atoms with Crippen LogP contribution in [0.15, 0.2) is 0 Å². The van der Waals surface area contributed by atoms with Crippen LogP contribution in [0.3, 0.4) is 0 Å². The molecule has 0 aliphatic carbocycles. The largest absolute Gasteiger partial charge is 0.352 e. The topological polar surface area (TPSA) is 36.9 Å². The third-order valence-corrected chi connectivity index (χ3v) is 2.89. The lowest BCUT2D eigenvalue weighted by molar-refractivity contribution is -0.224. The van der Waals surface area contributed by atoms with Gasteiger partial charge in [0.15, 0.2) is 12.6 Å². The van der Waals surface area contributed by atoms with E-state index in [1.807, 2.05) is 0 Å². The van der Waals surface area contributed by atoms with E-state index in [1.54, 1.807) is 0 Å². The molecule has 4 heteroatoms. The van der Waals surface area contributed by atoms with Crippen molar-refractivity contribution >= 4 is 0 Å². The van der Waals surface area contributed by atoms with Crippen molar-refractivity contribution < 1.29 is 18.9 Å². The first-order valence-corrected chi connectivity index (χ1v) is 6.12. The van der Waals surface area contributed by atoms with Gasteiger partial charge in [0.1, 0.15) is 0 Å². The predicted molar refractivity (Wildman–Crippen MR) is 59.0 cm³/mol. The molecule has 0 bridgehead atoms. The number of hydrogen-bond acceptors (Lipinski definition) is 4. The second kappa shape index (κ2) is 5.45. The van der Waals surface area contributed by atoms with Crippen LogP contribution in [0.4, 0.5) is 0 Å². The first-order valence-electron chi connectivity index (χ1n) is 6.12. The molecular weight excluding hydrogens is 208 g/mol. The van der Waals surface area contributed by atoms with Gasteiger partial charge in [0.05, 0.1) is 26.4 Å². The molecule has 0 aromatic heterocycles. The van der Waals surface area contributed by atoms with Gasteiger partial charge in [0.2, 0.25) is 0 Å². The monoisotopic (exact) mass is 230 g/mol. The van der Waals surface area contributed by atoms with E-state index in [4.69, 9.17) is 18.9 Å². The van der Waals surface area contributed by atoms with Gasteiger partial charge in [-0.2, -0.15) is 0 Å². The second-order valence-electron chi connectivity index (χ2n) is 5.32. The molecule has 2 heterocycles. The van der Waals surface area contributed by atoms with Gasteiger partial charge in [-0.15, -0.1) is 0 Å². The summed E-state index contributed by atoms with van der Waals surface area (Å²) in [6.07, 6.45) is 2.86. The first-order chi connectivity index (χ1) is 7.66. The minimum atomic E-state index is -0.0329. The van der Waals surface area contributed by atoms with Crippen LogP contribution in [0.5, 0.6) is 0 Å². The minimum absolute atomic E-state index is 0.0000292. The Morgan fingerprint density at radius 2 is 1.38 bits per heavy atom. The number of hydrogen-bond donors (Lipinski definition) is 0. The summed E-state index contributed by atoms with van der Waals surface area (Å²) in [4.78, 5) is 0. The average molecular weight is 230 g/mol. The van der Waals surface area contributed by atoms with Crippen molar-refractivity contribution in [2.75, 3.05) is 26.4 Å². The summed E-state index contributed by atoms with van der Waals surface area (Å²) in [5, 5.41) is 0. The van der Waals surface area contributed by atoms with Gasteiger partial charge < -0.3 is 18.9 Å². The van der Waals surface area contributed by atoms with Gasteiger partial charge in [-0.25, -0.2) is 0 Å². The number of rotatable bonds is 4. The normalized spacial score (nSPS) is 27.4. The minimum Gasteiger partial charge on any atom is -0.352 e. The fourth-order valence-corrected chi connectivity index (χ4v) is 1.92. The van der Waals surface area contributed by atoms with E-state index in [0.29, 0.717) is 0 Å². The van der Waals surface area contributed by atoms with E-state index < -0.39 is 0 Å². The molecule has 2 saturated heterocycles. The summed E-state index contributed by atoms with van der Waals surface area (Å²) >= 11 is 0. The van der Waals surface area contributed by atoms with Crippen molar-refractivity contribution in [3.05, 3.63) is 0 Å². The van der Waals surface area contributed by atoms with Crippen LogP contribution in [0.25, 0.3) is 0 Å². The molecule has 16 heavy (non-hydrogen) atoms. The maximum absolute atomic E-state index is 5.65. The van der Waals surface area contributed by atoms with Crippen LogP contribution in [-0.4, -0.2) is 39.0 Å². The maximum atomic E-state index is 5.65. The van der Waals surface area contributed by atoms with Crippen LogP contribution in [0.1, 0.15) is 33.1 Å². The van der Waals surface area contributed by atoms with E-state index in [1.165, 1.54) is 0 Å². The van der Waals surface area contributed by atoms with Crippen molar-refractivity contribution in [1.82, 2.24) is 0 Å². The molecule has 0 saturated carbocycles. The zero-order valence-corrected chi connectivity index (χ0v) is 10.2. The van der Waals surface area contributed by atoms with Crippen molar-refractivity contribution in [2.24, 2.45) is 5.41 Å². The molecule has 0 radical (unpaired) electrons. The quantitative estimate of drug-likeness (QED) is 0.739. The lowest BCUT2D eigenvalue weighted by Crippen LogP contribution is -2.37. The van der Waals surface area contributed by atoms with Gasteiger partial charge >= 0.3 is 0 Å². The summed E-state index contributed by atoms with van der Waals surface area (Å²) in [5.74, 6) is 0.